The molecule has 3 rings (SSSR count). The van der Waals surface area contributed by atoms with Crippen LogP contribution in [0.15, 0.2) is 51.4 Å². The molecule has 0 unspecified atom stereocenters. The minimum atomic E-state index is 0.139. The van der Waals surface area contributed by atoms with Crippen molar-refractivity contribution in [3.05, 3.63) is 62.9 Å². The minimum Gasteiger partial charge on any atom is -0.484 e. The van der Waals surface area contributed by atoms with Gasteiger partial charge in [-0.3, -0.25) is 0 Å². The van der Waals surface area contributed by atoms with Gasteiger partial charge in [-0.2, -0.15) is 0 Å². The smallest absolute Gasteiger partial charge is 0.254 e. The number of nitrogens with zero attached hydrogens (tertiary/aromatic N) is 2. The number of halogens is 3. The number of rotatable bonds is 4. The number of benzene rings is 2. The van der Waals surface area contributed by atoms with E-state index in [0.29, 0.717) is 27.6 Å². The predicted molar refractivity (Wildman–Crippen MR) is 88.2 cm³/mol. The summed E-state index contributed by atoms with van der Waals surface area (Å²) in [5.41, 5.74) is 0.841. The fraction of sp³-hybridized carbons (Fsp3) is 0.0667. The molecule has 0 N–H and O–H groups in total. The SMILES string of the molecule is Clc1cc(Cl)cc(OCc2nnc(-c3ccc(Br)cc3)o2)c1. The van der Waals surface area contributed by atoms with Gasteiger partial charge in [0, 0.05) is 20.1 Å². The first kappa shape index (κ1) is 15.3. The average molecular weight is 400 g/mol. The second kappa shape index (κ2) is 6.69. The van der Waals surface area contributed by atoms with Crippen LogP contribution in [0.2, 0.25) is 10.0 Å². The Morgan fingerprint density at radius 2 is 1.68 bits per heavy atom. The molecule has 2 aromatic carbocycles. The van der Waals surface area contributed by atoms with E-state index in [1.807, 2.05) is 24.3 Å². The van der Waals surface area contributed by atoms with Crippen molar-refractivity contribution in [3.8, 4) is 17.2 Å². The zero-order valence-electron chi connectivity index (χ0n) is 11.1. The van der Waals surface area contributed by atoms with Crippen molar-refractivity contribution in [2.24, 2.45) is 0 Å². The topological polar surface area (TPSA) is 48.2 Å². The summed E-state index contributed by atoms with van der Waals surface area (Å²) in [5, 5.41) is 8.96. The predicted octanol–water partition coefficient (Wildman–Crippen LogP) is 5.38. The Morgan fingerprint density at radius 1 is 1.00 bits per heavy atom. The van der Waals surface area contributed by atoms with Crippen LogP contribution in [0.3, 0.4) is 0 Å². The molecule has 0 aliphatic heterocycles. The third-order valence-electron chi connectivity index (χ3n) is 2.76. The maximum atomic E-state index is 5.91. The highest BCUT2D eigenvalue weighted by Gasteiger charge is 2.09. The van der Waals surface area contributed by atoms with Gasteiger partial charge in [-0.1, -0.05) is 39.1 Å². The molecule has 0 aliphatic carbocycles. The van der Waals surface area contributed by atoms with Gasteiger partial charge in [0.15, 0.2) is 6.61 Å². The lowest BCUT2D eigenvalue weighted by Gasteiger charge is -2.04. The first-order valence-electron chi connectivity index (χ1n) is 6.27. The highest BCUT2D eigenvalue weighted by atomic mass is 79.9. The summed E-state index contributed by atoms with van der Waals surface area (Å²) < 4.78 is 12.1. The minimum absolute atomic E-state index is 0.139. The van der Waals surface area contributed by atoms with E-state index in [9.17, 15) is 0 Å². The van der Waals surface area contributed by atoms with Gasteiger partial charge in [-0.15, -0.1) is 10.2 Å². The Balaban J connectivity index is 1.70. The van der Waals surface area contributed by atoms with E-state index >= 15 is 0 Å². The molecular weight excluding hydrogens is 391 g/mol. The van der Waals surface area contributed by atoms with Crippen LogP contribution in [0, 0.1) is 0 Å². The molecule has 0 saturated carbocycles. The molecule has 4 nitrogen and oxygen atoms in total. The first-order chi connectivity index (χ1) is 10.6. The summed E-state index contributed by atoms with van der Waals surface area (Å²) in [6.45, 7) is 0.139. The zero-order valence-corrected chi connectivity index (χ0v) is 14.2. The third kappa shape index (κ3) is 3.80. The van der Waals surface area contributed by atoms with Crippen molar-refractivity contribution in [1.29, 1.82) is 0 Å². The van der Waals surface area contributed by atoms with Crippen molar-refractivity contribution < 1.29 is 9.15 Å². The molecule has 0 aliphatic rings. The molecule has 0 radical (unpaired) electrons. The Kier molecular flexibility index (Phi) is 4.66. The number of hydrogen-bond donors (Lipinski definition) is 0. The van der Waals surface area contributed by atoms with Crippen molar-refractivity contribution in [1.82, 2.24) is 10.2 Å². The van der Waals surface area contributed by atoms with E-state index in [1.165, 1.54) is 0 Å². The van der Waals surface area contributed by atoms with Crippen LogP contribution in [0.5, 0.6) is 5.75 Å². The van der Waals surface area contributed by atoms with Gasteiger partial charge >= 0.3 is 0 Å². The van der Waals surface area contributed by atoms with Gasteiger partial charge in [0.1, 0.15) is 5.75 Å². The molecule has 0 amide bonds. The van der Waals surface area contributed by atoms with Crippen molar-refractivity contribution >= 4 is 39.1 Å². The Hall–Kier alpha value is -1.56. The van der Waals surface area contributed by atoms with Crippen LogP contribution >= 0.6 is 39.1 Å². The maximum absolute atomic E-state index is 5.91. The van der Waals surface area contributed by atoms with Crippen LogP contribution < -0.4 is 4.74 Å². The molecule has 112 valence electrons. The van der Waals surface area contributed by atoms with Crippen LogP contribution in [-0.4, -0.2) is 10.2 Å². The molecular formula is C15H9BrCl2N2O2. The van der Waals surface area contributed by atoms with Crippen LogP contribution in [0.1, 0.15) is 5.89 Å². The molecule has 3 aromatic rings. The monoisotopic (exact) mass is 398 g/mol. The lowest BCUT2D eigenvalue weighted by atomic mass is 10.2. The fourth-order valence-corrected chi connectivity index (χ4v) is 2.55. The van der Waals surface area contributed by atoms with Gasteiger partial charge in [0.2, 0.25) is 5.89 Å². The second-order valence-corrected chi connectivity index (χ2v) is 6.19. The lowest BCUT2D eigenvalue weighted by Crippen LogP contribution is -1.95. The van der Waals surface area contributed by atoms with Crippen molar-refractivity contribution in [2.75, 3.05) is 0 Å². The summed E-state index contributed by atoms with van der Waals surface area (Å²) in [7, 11) is 0. The van der Waals surface area contributed by atoms with Gasteiger partial charge in [0.25, 0.3) is 5.89 Å². The average Bonchev–Trinajstić information content (AvgIpc) is 2.94. The summed E-state index contributed by atoms with van der Waals surface area (Å²) >= 11 is 15.2. The number of aromatic nitrogens is 2. The van der Waals surface area contributed by atoms with Crippen LogP contribution in [0.25, 0.3) is 11.5 Å². The number of ether oxygens (including phenoxy) is 1. The molecule has 1 aromatic heterocycles. The van der Waals surface area contributed by atoms with Gasteiger partial charge in [-0.05, 0) is 42.5 Å². The Morgan fingerprint density at radius 3 is 2.36 bits per heavy atom. The summed E-state index contributed by atoms with van der Waals surface area (Å²) in [6.07, 6.45) is 0. The Labute approximate surface area is 145 Å². The normalized spacial score (nSPS) is 10.7. The van der Waals surface area contributed by atoms with Gasteiger partial charge in [-0.25, -0.2) is 0 Å². The summed E-state index contributed by atoms with van der Waals surface area (Å²) in [5.74, 6) is 1.35. The van der Waals surface area contributed by atoms with E-state index in [2.05, 4.69) is 26.1 Å². The molecule has 0 fully saturated rings. The molecule has 22 heavy (non-hydrogen) atoms. The van der Waals surface area contributed by atoms with Crippen LogP contribution in [0.4, 0.5) is 0 Å². The first-order valence-corrected chi connectivity index (χ1v) is 7.82. The Bertz CT molecular complexity index is 770. The molecule has 0 saturated heterocycles. The van der Waals surface area contributed by atoms with E-state index < -0.39 is 0 Å². The highest BCUT2D eigenvalue weighted by Crippen LogP contribution is 2.25. The largest absolute Gasteiger partial charge is 0.484 e. The lowest BCUT2D eigenvalue weighted by molar-refractivity contribution is 0.264. The van der Waals surface area contributed by atoms with Crippen molar-refractivity contribution in [2.45, 2.75) is 6.61 Å². The molecule has 0 spiro atoms. The molecule has 0 atom stereocenters. The standard InChI is InChI=1S/C15H9BrCl2N2O2/c16-10-3-1-9(2-4-10)15-20-19-14(22-15)8-21-13-6-11(17)5-12(18)7-13/h1-7H,8H2. The van der Waals surface area contributed by atoms with Crippen molar-refractivity contribution in [3.63, 3.8) is 0 Å². The third-order valence-corrected chi connectivity index (χ3v) is 3.72. The summed E-state index contributed by atoms with van der Waals surface area (Å²) in [6, 6.07) is 12.6. The number of hydrogen-bond acceptors (Lipinski definition) is 4. The van der Waals surface area contributed by atoms with E-state index in [1.54, 1.807) is 18.2 Å². The van der Waals surface area contributed by atoms with Gasteiger partial charge in [0.05, 0.1) is 0 Å². The second-order valence-electron chi connectivity index (χ2n) is 4.40. The van der Waals surface area contributed by atoms with E-state index in [4.69, 9.17) is 32.4 Å². The fourth-order valence-electron chi connectivity index (χ4n) is 1.78. The molecule has 1 heterocycles. The van der Waals surface area contributed by atoms with Crippen LogP contribution in [-0.2, 0) is 6.61 Å². The molecule has 7 heteroatoms. The highest BCUT2D eigenvalue weighted by molar-refractivity contribution is 9.10. The summed E-state index contributed by atoms with van der Waals surface area (Å²) in [4.78, 5) is 0. The van der Waals surface area contributed by atoms with Gasteiger partial charge < -0.3 is 9.15 Å². The quantitative estimate of drug-likeness (QED) is 0.590. The zero-order chi connectivity index (χ0) is 15.5. The molecule has 0 bridgehead atoms. The maximum Gasteiger partial charge on any atom is 0.254 e. The van der Waals surface area contributed by atoms with E-state index in [-0.39, 0.29) is 6.61 Å². The van der Waals surface area contributed by atoms with E-state index in [0.717, 1.165) is 10.0 Å².